The zero-order valence-corrected chi connectivity index (χ0v) is 12.1. The molecule has 0 aliphatic carbocycles. The summed E-state index contributed by atoms with van der Waals surface area (Å²) in [5.74, 6) is -0.447. The van der Waals surface area contributed by atoms with Crippen LogP contribution < -0.4 is 5.32 Å². The number of carbonyl (C=O) groups excluding carboxylic acids is 1. The zero-order chi connectivity index (χ0) is 13.7. The van der Waals surface area contributed by atoms with E-state index < -0.39 is 5.91 Å². The fourth-order valence-electron chi connectivity index (χ4n) is 1.75. The molecule has 3 N–H and O–H groups in total. The third-order valence-corrected chi connectivity index (χ3v) is 3.31. The van der Waals surface area contributed by atoms with Crippen molar-refractivity contribution in [2.45, 2.75) is 26.3 Å². The van der Waals surface area contributed by atoms with Crippen molar-refractivity contribution in [3.05, 3.63) is 23.8 Å². The predicted molar refractivity (Wildman–Crippen MR) is 74.3 cm³/mol. The Hall–Kier alpha value is -1.23. The predicted octanol–water partition coefficient (Wildman–Crippen LogP) is 2.64. The third-order valence-electron chi connectivity index (χ3n) is 2.52. The van der Waals surface area contributed by atoms with Crippen molar-refractivity contribution in [1.82, 2.24) is 5.32 Å². The minimum Gasteiger partial charge on any atom is -0.507 e. The van der Waals surface area contributed by atoms with Crippen LogP contribution in [0.25, 0.3) is 0 Å². The molecule has 0 fully saturated rings. The maximum atomic E-state index is 12.0. The first kappa shape index (κ1) is 14.8. The van der Waals surface area contributed by atoms with Crippen LogP contribution in [0.5, 0.6) is 11.5 Å². The Morgan fingerprint density at radius 3 is 2.33 bits per heavy atom. The summed E-state index contributed by atoms with van der Waals surface area (Å²) in [6.45, 7) is 4.14. The lowest BCUT2D eigenvalue weighted by atomic mass is 10.0. The van der Waals surface area contributed by atoms with Gasteiger partial charge in [-0.25, -0.2) is 0 Å². The van der Waals surface area contributed by atoms with Crippen LogP contribution in [0.15, 0.2) is 18.2 Å². The first-order valence-corrected chi connectivity index (χ1v) is 6.95. The molecule has 0 saturated heterocycles. The fraction of sp³-hybridized carbons (Fsp3) is 0.462. The Kier molecular flexibility index (Phi) is 5.47. The Morgan fingerprint density at radius 2 is 1.89 bits per heavy atom. The van der Waals surface area contributed by atoms with Gasteiger partial charge in [0.2, 0.25) is 0 Å². The lowest BCUT2D eigenvalue weighted by Crippen LogP contribution is -2.37. The van der Waals surface area contributed by atoms with Gasteiger partial charge in [-0.2, -0.15) is 0 Å². The number of halogens is 1. The highest BCUT2D eigenvalue weighted by atomic mass is 79.9. The van der Waals surface area contributed by atoms with Crippen molar-refractivity contribution >= 4 is 21.8 Å². The maximum absolute atomic E-state index is 12.0. The normalized spacial score (nSPS) is 12.4. The summed E-state index contributed by atoms with van der Waals surface area (Å²) >= 11 is 3.34. The van der Waals surface area contributed by atoms with E-state index >= 15 is 0 Å². The fourth-order valence-corrected chi connectivity index (χ4v) is 2.17. The molecular formula is C13H18BrNO3. The minimum absolute atomic E-state index is 0.0310. The number of amides is 1. The molecule has 0 radical (unpaired) electrons. The van der Waals surface area contributed by atoms with Crippen molar-refractivity contribution in [1.29, 1.82) is 0 Å². The van der Waals surface area contributed by atoms with Gasteiger partial charge in [0.15, 0.2) is 0 Å². The summed E-state index contributed by atoms with van der Waals surface area (Å²) in [7, 11) is 0. The highest BCUT2D eigenvalue weighted by Crippen LogP contribution is 2.26. The van der Waals surface area contributed by atoms with Crippen molar-refractivity contribution in [2.75, 3.05) is 5.33 Å². The van der Waals surface area contributed by atoms with Gasteiger partial charge in [0, 0.05) is 11.4 Å². The Balaban J connectivity index is 2.81. The van der Waals surface area contributed by atoms with Gasteiger partial charge in [-0.05, 0) is 24.5 Å². The van der Waals surface area contributed by atoms with Crippen molar-refractivity contribution in [3.8, 4) is 11.5 Å². The van der Waals surface area contributed by atoms with Crippen molar-refractivity contribution in [2.24, 2.45) is 5.92 Å². The van der Waals surface area contributed by atoms with Gasteiger partial charge in [-0.1, -0.05) is 35.8 Å². The third kappa shape index (κ3) is 3.91. The molecule has 0 heterocycles. The second-order valence-electron chi connectivity index (χ2n) is 4.63. The number of phenolic OH excluding ortho intramolecular Hbond substituents is 2. The van der Waals surface area contributed by atoms with Crippen LogP contribution in [0.3, 0.4) is 0 Å². The van der Waals surface area contributed by atoms with Crippen LogP contribution in [0.4, 0.5) is 0 Å². The number of phenols is 2. The van der Waals surface area contributed by atoms with Gasteiger partial charge in [-0.3, -0.25) is 4.79 Å². The Bertz CT molecular complexity index is 400. The SMILES string of the molecule is CC(C)CC(CBr)NC(=O)c1c(O)cccc1O. The van der Waals surface area contributed by atoms with Crippen LogP contribution in [0.2, 0.25) is 0 Å². The minimum atomic E-state index is -0.462. The average Bonchev–Trinajstić information content (AvgIpc) is 2.27. The van der Waals surface area contributed by atoms with Gasteiger partial charge >= 0.3 is 0 Å². The van der Waals surface area contributed by atoms with Crippen LogP contribution in [0, 0.1) is 5.92 Å². The molecule has 0 saturated carbocycles. The van der Waals surface area contributed by atoms with Gasteiger partial charge in [0.1, 0.15) is 17.1 Å². The summed E-state index contributed by atoms with van der Waals surface area (Å²) in [5.41, 5.74) is -0.0767. The summed E-state index contributed by atoms with van der Waals surface area (Å²) in [6.07, 6.45) is 0.825. The average molecular weight is 316 g/mol. The van der Waals surface area contributed by atoms with Gasteiger partial charge < -0.3 is 15.5 Å². The quantitative estimate of drug-likeness (QED) is 0.732. The highest BCUT2D eigenvalue weighted by molar-refractivity contribution is 9.09. The van der Waals surface area contributed by atoms with Crippen molar-refractivity contribution < 1.29 is 15.0 Å². The smallest absolute Gasteiger partial charge is 0.259 e. The number of benzene rings is 1. The number of hydrogen-bond donors (Lipinski definition) is 3. The number of aromatic hydroxyl groups is 2. The van der Waals surface area contributed by atoms with E-state index in [-0.39, 0.29) is 23.1 Å². The molecule has 18 heavy (non-hydrogen) atoms. The molecular weight excluding hydrogens is 298 g/mol. The maximum Gasteiger partial charge on any atom is 0.259 e. The molecule has 1 amide bonds. The van der Waals surface area contributed by atoms with E-state index in [1.165, 1.54) is 18.2 Å². The molecule has 0 aliphatic heterocycles. The van der Waals surface area contributed by atoms with Gasteiger partial charge in [0.25, 0.3) is 5.91 Å². The standard InChI is InChI=1S/C13H18BrNO3/c1-8(2)6-9(7-14)15-13(18)12-10(16)4-3-5-11(12)17/h3-5,8-9,16-17H,6-7H2,1-2H3,(H,15,18). The topological polar surface area (TPSA) is 69.6 Å². The number of carbonyl (C=O) groups is 1. The number of rotatable bonds is 5. The Morgan fingerprint density at radius 1 is 1.33 bits per heavy atom. The summed E-state index contributed by atoms with van der Waals surface area (Å²) in [6, 6.07) is 4.20. The number of hydrogen-bond acceptors (Lipinski definition) is 3. The molecule has 0 aromatic heterocycles. The summed E-state index contributed by atoms with van der Waals surface area (Å²) in [4.78, 5) is 12.0. The molecule has 100 valence electrons. The second kappa shape index (κ2) is 6.64. The van der Waals surface area contributed by atoms with Crippen LogP contribution in [-0.4, -0.2) is 27.5 Å². The van der Waals surface area contributed by atoms with E-state index in [9.17, 15) is 15.0 Å². The molecule has 0 bridgehead atoms. The Labute approximate surface area is 115 Å². The molecule has 0 aliphatic rings. The lowest BCUT2D eigenvalue weighted by Gasteiger charge is -2.18. The zero-order valence-electron chi connectivity index (χ0n) is 10.5. The molecule has 5 heteroatoms. The highest BCUT2D eigenvalue weighted by Gasteiger charge is 2.19. The van der Waals surface area contributed by atoms with E-state index in [0.717, 1.165) is 6.42 Å². The lowest BCUT2D eigenvalue weighted by molar-refractivity contribution is 0.0931. The summed E-state index contributed by atoms with van der Waals surface area (Å²) < 4.78 is 0. The monoisotopic (exact) mass is 315 g/mol. The molecule has 0 spiro atoms. The first-order chi connectivity index (χ1) is 8.45. The molecule has 1 aromatic rings. The summed E-state index contributed by atoms with van der Waals surface area (Å²) in [5, 5.41) is 22.6. The molecule has 4 nitrogen and oxygen atoms in total. The number of alkyl halides is 1. The van der Waals surface area contributed by atoms with E-state index in [1.807, 2.05) is 0 Å². The van der Waals surface area contributed by atoms with E-state index in [0.29, 0.717) is 11.2 Å². The molecule has 1 rings (SSSR count). The van der Waals surface area contributed by atoms with Crippen LogP contribution >= 0.6 is 15.9 Å². The second-order valence-corrected chi connectivity index (χ2v) is 5.27. The van der Waals surface area contributed by atoms with Gasteiger partial charge in [-0.15, -0.1) is 0 Å². The van der Waals surface area contributed by atoms with Gasteiger partial charge in [0.05, 0.1) is 0 Å². The largest absolute Gasteiger partial charge is 0.507 e. The van der Waals surface area contributed by atoms with Crippen LogP contribution in [0.1, 0.15) is 30.6 Å². The van der Waals surface area contributed by atoms with E-state index in [1.54, 1.807) is 0 Å². The van der Waals surface area contributed by atoms with Crippen molar-refractivity contribution in [3.63, 3.8) is 0 Å². The molecule has 1 unspecified atom stereocenters. The van der Waals surface area contributed by atoms with Crippen LogP contribution in [-0.2, 0) is 0 Å². The molecule has 1 atom stereocenters. The number of nitrogens with one attached hydrogen (secondary N) is 1. The van der Waals surface area contributed by atoms with E-state index in [2.05, 4.69) is 35.1 Å². The van der Waals surface area contributed by atoms with E-state index in [4.69, 9.17) is 0 Å². The first-order valence-electron chi connectivity index (χ1n) is 5.83. The molecule has 1 aromatic carbocycles.